The molecular formula is C17H18ClNO3. The lowest BCUT2D eigenvalue weighted by Crippen LogP contribution is -2.13. The number of aromatic nitrogens is 1. The van der Waals surface area contributed by atoms with E-state index in [1.807, 2.05) is 30.5 Å². The van der Waals surface area contributed by atoms with Crippen molar-refractivity contribution >= 4 is 23.4 Å². The summed E-state index contributed by atoms with van der Waals surface area (Å²) in [5.41, 5.74) is 2.95. The van der Waals surface area contributed by atoms with Gasteiger partial charge in [0, 0.05) is 17.0 Å². The molecule has 0 bridgehead atoms. The Labute approximate surface area is 134 Å². The summed E-state index contributed by atoms with van der Waals surface area (Å²) in [4.78, 5) is 23.6. The second kappa shape index (κ2) is 7.27. The number of carbonyl (C=O) groups is 2. The average Bonchev–Trinajstić information content (AvgIpc) is 2.82. The van der Waals surface area contributed by atoms with Crippen molar-refractivity contribution in [2.75, 3.05) is 12.5 Å². The van der Waals surface area contributed by atoms with E-state index in [4.69, 9.17) is 16.3 Å². The van der Waals surface area contributed by atoms with Gasteiger partial charge in [-0.05, 0) is 32.0 Å². The highest BCUT2D eigenvalue weighted by Crippen LogP contribution is 2.16. The van der Waals surface area contributed by atoms with Crippen LogP contribution in [0.25, 0.3) is 0 Å². The van der Waals surface area contributed by atoms with Crippen molar-refractivity contribution in [2.45, 2.75) is 20.4 Å². The molecule has 1 aromatic carbocycles. The molecule has 0 amide bonds. The molecular weight excluding hydrogens is 302 g/mol. The van der Waals surface area contributed by atoms with Crippen LogP contribution in [0.1, 0.15) is 32.1 Å². The summed E-state index contributed by atoms with van der Waals surface area (Å²) in [6.07, 6.45) is 0. The Morgan fingerprint density at radius 3 is 2.50 bits per heavy atom. The molecule has 0 aliphatic carbocycles. The molecule has 0 aliphatic rings. The first kappa shape index (κ1) is 16.3. The van der Waals surface area contributed by atoms with Gasteiger partial charge in [0.15, 0.2) is 5.78 Å². The fourth-order valence-corrected chi connectivity index (χ4v) is 2.53. The first-order valence-corrected chi connectivity index (χ1v) is 7.56. The van der Waals surface area contributed by atoms with Crippen LogP contribution in [0.5, 0.6) is 0 Å². The zero-order valence-corrected chi connectivity index (χ0v) is 13.4. The molecule has 0 atom stereocenters. The third-order valence-electron chi connectivity index (χ3n) is 3.55. The Bertz CT molecular complexity index is 677. The van der Waals surface area contributed by atoms with Crippen LogP contribution in [0.4, 0.5) is 0 Å². The SMILES string of the molecule is Cc1cc(C(=O)CCl)c(C)n1CCOC(=O)c1ccccc1. The van der Waals surface area contributed by atoms with E-state index in [-0.39, 0.29) is 24.2 Å². The number of halogens is 1. The van der Waals surface area contributed by atoms with Crippen molar-refractivity contribution in [3.05, 3.63) is 58.9 Å². The van der Waals surface area contributed by atoms with Gasteiger partial charge in [-0.25, -0.2) is 4.79 Å². The quantitative estimate of drug-likeness (QED) is 0.466. The van der Waals surface area contributed by atoms with Gasteiger partial charge in [-0.3, -0.25) is 4.79 Å². The topological polar surface area (TPSA) is 48.3 Å². The Morgan fingerprint density at radius 2 is 1.86 bits per heavy atom. The molecule has 116 valence electrons. The summed E-state index contributed by atoms with van der Waals surface area (Å²) in [6, 6.07) is 10.7. The number of hydrogen-bond donors (Lipinski definition) is 0. The van der Waals surface area contributed by atoms with Crippen molar-refractivity contribution in [3.8, 4) is 0 Å². The number of carbonyl (C=O) groups excluding carboxylic acids is 2. The third kappa shape index (κ3) is 3.57. The minimum Gasteiger partial charge on any atom is -0.460 e. The molecule has 4 nitrogen and oxygen atoms in total. The zero-order valence-electron chi connectivity index (χ0n) is 12.6. The van der Waals surface area contributed by atoms with E-state index in [1.165, 1.54) is 0 Å². The summed E-state index contributed by atoms with van der Waals surface area (Å²) in [5.74, 6) is -0.477. The molecule has 0 saturated carbocycles. The molecule has 22 heavy (non-hydrogen) atoms. The van der Waals surface area contributed by atoms with E-state index in [0.717, 1.165) is 11.4 Å². The highest BCUT2D eigenvalue weighted by Gasteiger charge is 2.15. The molecule has 0 radical (unpaired) electrons. The second-order valence-electron chi connectivity index (χ2n) is 5.00. The number of esters is 1. The van der Waals surface area contributed by atoms with Crippen molar-refractivity contribution < 1.29 is 14.3 Å². The van der Waals surface area contributed by atoms with Gasteiger partial charge in [0.25, 0.3) is 0 Å². The van der Waals surface area contributed by atoms with E-state index in [1.54, 1.807) is 24.3 Å². The summed E-state index contributed by atoms with van der Waals surface area (Å²) in [5, 5.41) is 0. The third-order valence-corrected chi connectivity index (χ3v) is 3.80. The Balaban J connectivity index is 1.99. The monoisotopic (exact) mass is 319 g/mol. The van der Waals surface area contributed by atoms with Crippen LogP contribution in [0.15, 0.2) is 36.4 Å². The van der Waals surface area contributed by atoms with Gasteiger partial charge in [0.2, 0.25) is 0 Å². The minimum absolute atomic E-state index is 0.0344. The first-order valence-electron chi connectivity index (χ1n) is 7.02. The maximum Gasteiger partial charge on any atom is 0.338 e. The minimum atomic E-state index is -0.347. The van der Waals surface area contributed by atoms with E-state index >= 15 is 0 Å². The van der Waals surface area contributed by atoms with Crippen molar-refractivity contribution in [2.24, 2.45) is 0 Å². The van der Waals surface area contributed by atoms with Crippen LogP contribution in [0.3, 0.4) is 0 Å². The van der Waals surface area contributed by atoms with Crippen LogP contribution >= 0.6 is 11.6 Å². The van der Waals surface area contributed by atoms with Crippen LogP contribution in [-0.2, 0) is 11.3 Å². The molecule has 1 heterocycles. The number of nitrogens with zero attached hydrogens (tertiary/aromatic N) is 1. The van der Waals surface area contributed by atoms with Crippen molar-refractivity contribution in [1.82, 2.24) is 4.57 Å². The van der Waals surface area contributed by atoms with Crippen molar-refractivity contribution in [1.29, 1.82) is 0 Å². The van der Waals surface area contributed by atoms with Crippen LogP contribution in [0.2, 0.25) is 0 Å². The normalized spacial score (nSPS) is 10.5. The lowest BCUT2D eigenvalue weighted by Gasteiger charge is -2.10. The average molecular weight is 320 g/mol. The van der Waals surface area contributed by atoms with E-state index in [2.05, 4.69) is 0 Å². The highest BCUT2D eigenvalue weighted by molar-refractivity contribution is 6.30. The number of Topliss-reactive ketones (excluding diaryl/α,β-unsaturated/α-hetero) is 1. The fourth-order valence-electron chi connectivity index (χ4n) is 2.39. The van der Waals surface area contributed by atoms with Crippen molar-refractivity contribution in [3.63, 3.8) is 0 Å². The number of alkyl halides is 1. The van der Waals surface area contributed by atoms with Gasteiger partial charge in [-0.2, -0.15) is 0 Å². The van der Waals surface area contributed by atoms with E-state index < -0.39 is 0 Å². The zero-order chi connectivity index (χ0) is 16.1. The van der Waals surface area contributed by atoms with Gasteiger partial charge < -0.3 is 9.30 Å². The lowest BCUT2D eigenvalue weighted by atomic mass is 10.2. The maximum absolute atomic E-state index is 11.9. The Hall–Kier alpha value is -2.07. The van der Waals surface area contributed by atoms with Crippen LogP contribution in [-0.4, -0.2) is 28.8 Å². The first-order chi connectivity index (χ1) is 10.5. The maximum atomic E-state index is 11.9. The molecule has 2 rings (SSSR count). The van der Waals surface area contributed by atoms with E-state index in [0.29, 0.717) is 17.7 Å². The number of rotatable bonds is 6. The predicted molar refractivity (Wildman–Crippen MR) is 85.7 cm³/mol. The second-order valence-corrected chi connectivity index (χ2v) is 5.26. The van der Waals surface area contributed by atoms with Crippen LogP contribution in [0, 0.1) is 13.8 Å². The van der Waals surface area contributed by atoms with Crippen LogP contribution < -0.4 is 0 Å². The summed E-state index contributed by atoms with van der Waals surface area (Å²) in [6.45, 7) is 4.53. The molecule has 0 unspecified atom stereocenters. The molecule has 1 aromatic heterocycles. The standard InChI is InChI=1S/C17H18ClNO3/c1-12-10-15(16(20)11-18)13(2)19(12)8-9-22-17(21)14-6-4-3-5-7-14/h3-7,10H,8-9,11H2,1-2H3. The molecule has 0 spiro atoms. The largest absolute Gasteiger partial charge is 0.460 e. The molecule has 2 aromatic rings. The lowest BCUT2D eigenvalue weighted by molar-refractivity contribution is 0.0490. The van der Waals surface area contributed by atoms with Gasteiger partial charge in [-0.15, -0.1) is 11.6 Å². The molecule has 0 fully saturated rings. The summed E-state index contributed by atoms with van der Waals surface area (Å²) in [7, 11) is 0. The predicted octanol–water partition coefficient (Wildman–Crippen LogP) is 3.38. The van der Waals surface area contributed by atoms with Gasteiger partial charge in [0.05, 0.1) is 18.0 Å². The number of ketones is 1. The highest BCUT2D eigenvalue weighted by atomic mass is 35.5. The number of benzene rings is 1. The number of hydrogen-bond acceptors (Lipinski definition) is 3. The van der Waals surface area contributed by atoms with Gasteiger partial charge in [-0.1, -0.05) is 18.2 Å². The number of aryl methyl sites for hydroxylation is 1. The van der Waals surface area contributed by atoms with Gasteiger partial charge >= 0.3 is 5.97 Å². The summed E-state index contributed by atoms with van der Waals surface area (Å²) < 4.78 is 7.22. The van der Waals surface area contributed by atoms with E-state index in [9.17, 15) is 9.59 Å². The fraction of sp³-hybridized carbons (Fsp3) is 0.294. The van der Waals surface area contributed by atoms with Gasteiger partial charge in [0.1, 0.15) is 6.61 Å². The smallest absolute Gasteiger partial charge is 0.338 e. The molecule has 0 N–H and O–H groups in total. The molecule has 5 heteroatoms. The molecule has 0 aliphatic heterocycles. The summed E-state index contributed by atoms with van der Waals surface area (Å²) >= 11 is 5.61. The molecule has 0 saturated heterocycles. The Morgan fingerprint density at radius 1 is 1.18 bits per heavy atom. The number of ether oxygens (including phenoxy) is 1. The Kier molecular flexibility index (Phi) is 5.39.